The van der Waals surface area contributed by atoms with E-state index < -0.39 is 13.6 Å². The molecule has 1 aromatic carbocycles. The molecule has 0 aliphatic heterocycles. The number of benzene rings is 1. The van der Waals surface area contributed by atoms with E-state index >= 15 is 0 Å². The Labute approximate surface area is 181 Å². The second-order valence-corrected chi connectivity index (χ2v) is 18.2. The molecule has 0 N–H and O–H groups in total. The Morgan fingerprint density at radius 3 is 1.19 bits per heavy atom. The quantitative estimate of drug-likeness (QED) is 0.403. The van der Waals surface area contributed by atoms with Gasteiger partial charge < -0.3 is 24.0 Å². The molecule has 0 radical (unpaired) electrons. The molecule has 0 bridgehead atoms. The normalized spacial score (nSPS) is 24.2. The van der Waals surface area contributed by atoms with Crippen molar-refractivity contribution in [2.24, 2.45) is 0 Å². The number of hydrogen-bond acceptors (Lipinski definition) is 0. The molecule has 4 rings (SSSR count). The minimum absolute atomic E-state index is 0. The van der Waals surface area contributed by atoms with Crippen LogP contribution < -0.4 is 28.3 Å². The zero-order chi connectivity index (χ0) is 17.0. The van der Waals surface area contributed by atoms with Gasteiger partial charge in [-0.05, 0) is 0 Å². The van der Waals surface area contributed by atoms with Crippen LogP contribution in [0, 0.1) is 0 Å². The predicted molar refractivity (Wildman–Crippen MR) is 112 cm³/mol. The van der Waals surface area contributed by atoms with Crippen LogP contribution in [0.2, 0.25) is 14.1 Å². The SMILES string of the molecule is [I-].c1ccc([As+](C2CCCCC2)(C2CCCCC2)C2CCCCC2)cc1. The van der Waals surface area contributed by atoms with Crippen molar-refractivity contribution < 1.29 is 24.0 Å². The molecule has 0 spiro atoms. The molecule has 146 valence electrons. The van der Waals surface area contributed by atoms with Gasteiger partial charge in [-0.15, -0.1) is 0 Å². The van der Waals surface area contributed by atoms with Crippen molar-refractivity contribution in [3.8, 4) is 0 Å². The molecule has 2 heteroatoms. The average molecular weight is 528 g/mol. The summed E-state index contributed by atoms with van der Waals surface area (Å²) in [7, 11) is 0. The van der Waals surface area contributed by atoms with Gasteiger partial charge >= 0.3 is 159 Å². The van der Waals surface area contributed by atoms with Crippen molar-refractivity contribution in [2.75, 3.05) is 0 Å². The molecule has 0 atom stereocenters. The van der Waals surface area contributed by atoms with E-state index in [1.807, 2.05) is 4.35 Å². The van der Waals surface area contributed by atoms with Gasteiger partial charge in [-0.3, -0.25) is 0 Å². The summed E-state index contributed by atoms with van der Waals surface area (Å²) in [4.78, 5) is 0. The summed E-state index contributed by atoms with van der Waals surface area (Å²) in [5, 5.41) is 0. The van der Waals surface area contributed by atoms with Crippen LogP contribution in [0.4, 0.5) is 0 Å². The van der Waals surface area contributed by atoms with Crippen LogP contribution in [0.3, 0.4) is 0 Å². The van der Waals surface area contributed by atoms with Crippen molar-refractivity contribution in [2.45, 2.75) is 110 Å². The second kappa shape index (κ2) is 10.3. The molecule has 3 aliphatic rings. The van der Waals surface area contributed by atoms with Crippen molar-refractivity contribution in [1.82, 2.24) is 0 Å². The number of halogens is 1. The standard InChI is InChI=1S/C24H38As.HI/c1-5-13-21(14-6-1)25(22-15-7-2-8-16-22,23-17-9-3-10-18-23)24-19-11-4-12-20-24;/h1,5-6,13-14,22-24H,2-4,7-12,15-20H2;1H/q+1;/p-1. The van der Waals surface area contributed by atoms with E-state index in [0.717, 1.165) is 14.1 Å². The van der Waals surface area contributed by atoms with Crippen molar-refractivity contribution in [3.05, 3.63) is 30.3 Å². The Balaban J connectivity index is 0.00000196. The van der Waals surface area contributed by atoms with Gasteiger partial charge in [0.15, 0.2) is 0 Å². The van der Waals surface area contributed by atoms with Gasteiger partial charge in [-0.25, -0.2) is 0 Å². The monoisotopic (exact) mass is 528 g/mol. The first-order valence-corrected chi connectivity index (χ1v) is 15.5. The van der Waals surface area contributed by atoms with Gasteiger partial charge in [0, 0.05) is 0 Å². The third-order valence-electron chi connectivity index (χ3n) is 7.74. The molecule has 3 aliphatic carbocycles. The van der Waals surface area contributed by atoms with Gasteiger partial charge in [0.25, 0.3) is 0 Å². The fourth-order valence-corrected chi connectivity index (χ4v) is 22.3. The Bertz CT molecular complexity index is 465. The zero-order valence-electron chi connectivity index (χ0n) is 16.6. The van der Waals surface area contributed by atoms with Crippen molar-refractivity contribution in [3.63, 3.8) is 0 Å². The first-order chi connectivity index (χ1) is 12.4. The third kappa shape index (κ3) is 4.24. The Hall–Kier alpha value is 0.508. The molecule has 3 saturated carbocycles. The first kappa shape index (κ1) is 21.2. The molecule has 3 fully saturated rings. The maximum atomic E-state index is 2.60. The maximum absolute atomic E-state index is 2.60. The Kier molecular flexibility index (Phi) is 8.43. The Morgan fingerprint density at radius 2 is 0.846 bits per heavy atom. The van der Waals surface area contributed by atoms with E-state index in [1.165, 1.54) is 57.8 Å². The summed E-state index contributed by atoms with van der Waals surface area (Å²) < 4.78 is 5.28. The molecule has 26 heavy (non-hydrogen) atoms. The molecule has 1 aromatic rings. The molecular weight excluding hydrogens is 490 g/mol. The average Bonchev–Trinajstić information content (AvgIpc) is 2.72. The van der Waals surface area contributed by atoms with Crippen LogP contribution in [-0.4, -0.2) is 13.6 Å². The van der Waals surface area contributed by atoms with Gasteiger partial charge in [0.1, 0.15) is 0 Å². The molecule has 0 saturated heterocycles. The van der Waals surface area contributed by atoms with E-state index in [9.17, 15) is 0 Å². The van der Waals surface area contributed by atoms with E-state index in [2.05, 4.69) is 30.3 Å². The molecule has 0 nitrogen and oxygen atoms in total. The van der Waals surface area contributed by atoms with Crippen LogP contribution in [0.5, 0.6) is 0 Å². The van der Waals surface area contributed by atoms with Crippen LogP contribution in [0.15, 0.2) is 30.3 Å². The summed E-state index contributed by atoms with van der Waals surface area (Å²) in [6.07, 6.45) is 23.2. The molecular formula is C24H38AsI. The van der Waals surface area contributed by atoms with E-state index in [0.29, 0.717) is 0 Å². The molecule has 0 amide bonds. The summed E-state index contributed by atoms with van der Waals surface area (Å²) in [6, 6.07) is 12.2. The zero-order valence-corrected chi connectivity index (χ0v) is 20.6. The van der Waals surface area contributed by atoms with Crippen LogP contribution in [0.25, 0.3) is 0 Å². The van der Waals surface area contributed by atoms with Gasteiger partial charge in [0.05, 0.1) is 0 Å². The van der Waals surface area contributed by atoms with Crippen molar-refractivity contribution >= 4 is 17.9 Å². The fraction of sp³-hybridized carbons (Fsp3) is 0.750. The molecule has 0 unspecified atom stereocenters. The van der Waals surface area contributed by atoms with Crippen LogP contribution in [0.1, 0.15) is 96.3 Å². The van der Waals surface area contributed by atoms with Gasteiger partial charge in [-0.1, -0.05) is 0 Å². The van der Waals surface area contributed by atoms with E-state index in [-0.39, 0.29) is 24.0 Å². The third-order valence-corrected chi connectivity index (χ3v) is 21.1. The van der Waals surface area contributed by atoms with E-state index in [4.69, 9.17) is 0 Å². The second-order valence-electron chi connectivity index (χ2n) is 9.05. The summed E-state index contributed by atoms with van der Waals surface area (Å²) in [5.41, 5.74) is 0. The molecule has 0 aromatic heterocycles. The van der Waals surface area contributed by atoms with Crippen LogP contribution >= 0.6 is 0 Å². The number of rotatable bonds is 4. The summed E-state index contributed by atoms with van der Waals surface area (Å²) in [6.45, 7) is 0. The fourth-order valence-electron chi connectivity index (χ4n) is 6.74. The van der Waals surface area contributed by atoms with Gasteiger partial charge in [0.2, 0.25) is 0 Å². The number of hydrogen-bond donors (Lipinski definition) is 0. The predicted octanol–water partition coefficient (Wildman–Crippen LogP) is 4.35. The van der Waals surface area contributed by atoms with Crippen molar-refractivity contribution in [1.29, 1.82) is 0 Å². The van der Waals surface area contributed by atoms with E-state index in [1.54, 1.807) is 38.5 Å². The topological polar surface area (TPSA) is 0 Å². The molecule has 0 heterocycles. The minimum atomic E-state index is -1.94. The first-order valence-electron chi connectivity index (χ1n) is 11.4. The summed E-state index contributed by atoms with van der Waals surface area (Å²) in [5.74, 6) is 0. The summed E-state index contributed by atoms with van der Waals surface area (Å²) >= 11 is -1.94. The Morgan fingerprint density at radius 1 is 0.500 bits per heavy atom. The van der Waals surface area contributed by atoms with Crippen LogP contribution in [-0.2, 0) is 0 Å². The van der Waals surface area contributed by atoms with Gasteiger partial charge in [-0.2, -0.15) is 0 Å².